The molecule has 120 valence electrons. The van der Waals surface area contributed by atoms with Crippen LogP contribution >= 0.6 is 15.9 Å². The minimum absolute atomic E-state index is 0.176. The number of para-hydroxylation sites is 1. The molecule has 0 atom stereocenters. The highest BCUT2D eigenvalue weighted by Crippen LogP contribution is 2.21. The highest BCUT2D eigenvalue weighted by Gasteiger charge is 2.09. The van der Waals surface area contributed by atoms with E-state index in [9.17, 15) is 9.59 Å². The van der Waals surface area contributed by atoms with Gasteiger partial charge in [-0.3, -0.25) is 20.4 Å². The fourth-order valence-electron chi connectivity index (χ4n) is 2.03. The van der Waals surface area contributed by atoms with E-state index in [-0.39, 0.29) is 6.61 Å². The van der Waals surface area contributed by atoms with Gasteiger partial charge in [0.2, 0.25) is 0 Å². The average molecular weight is 377 g/mol. The van der Waals surface area contributed by atoms with Crippen LogP contribution in [0.5, 0.6) is 5.75 Å². The molecule has 0 aromatic heterocycles. The first-order valence-corrected chi connectivity index (χ1v) is 7.80. The number of carbonyl (C=O) groups is 2. The molecule has 0 aliphatic heterocycles. The van der Waals surface area contributed by atoms with E-state index in [0.717, 1.165) is 15.6 Å². The molecule has 0 saturated heterocycles. The fourth-order valence-corrected chi connectivity index (χ4v) is 2.43. The van der Waals surface area contributed by atoms with E-state index >= 15 is 0 Å². The number of ether oxygens (including phenoxy) is 1. The third-order valence-electron chi connectivity index (χ3n) is 3.16. The topological polar surface area (TPSA) is 67.4 Å². The predicted molar refractivity (Wildman–Crippen MR) is 91.2 cm³/mol. The maximum atomic E-state index is 11.9. The van der Waals surface area contributed by atoms with E-state index in [1.807, 2.05) is 38.1 Å². The van der Waals surface area contributed by atoms with E-state index in [1.54, 1.807) is 18.2 Å². The molecule has 2 rings (SSSR count). The van der Waals surface area contributed by atoms with Gasteiger partial charge in [0.25, 0.3) is 11.8 Å². The number of hydrazine groups is 1. The number of hydrogen-bond donors (Lipinski definition) is 2. The summed E-state index contributed by atoms with van der Waals surface area (Å²) in [6.45, 7) is 3.65. The van der Waals surface area contributed by atoms with Gasteiger partial charge in [-0.15, -0.1) is 0 Å². The van der Waals surface area contributed by atoms with Crippen LogP contribution in [0, 0.1) is 13.8 Å². The summed E-state index contributed by atoms with van der Waals surface area (Å²) >= 11 is 3.29. The smallest absolute Gasteiger partial charge is 0.276 e. The van der Waals surface area contributed by atoms with Gasteiger partial charge in [0.1, 0.15) is 5.75 Å². The number of aryl methyl sites for hydroxylation is 2. The molecule has 0 radical (unpaired) electrons. The number of halogens is 1. The molecule has 0 saturated carbocycles. The molecule has 0 bridgehead atoms. The van der Waals surface area contributed by atoms with Crippen molar-refractivity contribution >= 4 is 27.7 Å². The lowest BCUT2D eigenvalue weighted by Crippen LogP contribution is -2.43. The quantitative estimate of drug-likeness (QED) is 0.806. The SMILES string of the molecule is Cc1cccc(C)c1OCC(=O)NNC(=O)c1cccc(Br)c1. The Kier molecular flexibility index (Phi) is 5.76. The zero-order valence-electron chi connectivity index (χ0n) is 12.9. The molecular formula is C17H17BrN2O3. The molecular weight excluding hydrogens is 360 g/mol. The van der Waals surface area contributed by atoms with Crippen LogP contribution in [0.25, 0.3) is 0 Å². The summed E-state index contributed by atoms with van der Waals surface area (Å²) in [5.74, 6) is -0.149. The lowest BCUT2D eigenvalue weighted by Gasteiger charge is -2.12. The monoisotopic (exact) mass is 376 g/mol. The maximum absolute atomic E-state index is 11.9. The summed E-state index contributed by atoms with van der Waals surface area (Å²) in [6, 6.07) is 12.6. The molecule has 0 unspecified atom stereocenters. The van der Waals surface area contributed by atoms with Gasteiger partial charge in [-0.25, -0.2) is 0 Å². The molecule has 2 amide bonds. The molecule has 0 heterocycles. The molecule has 0 aliphatic rings. The van der Waals surface area contributed by atoms with Crippen molar-refractivity contribution in [2.75, 3.05) is 6.61 Å². The zero-order chi connectivity index (χ0) is 16.8. The fraction of sp³-hybridized carbons (Fsp3) is 0.176. The van der Waals surface area contributed by atoms with Gasteiger partial charge >= 0.3 is 0 Å². The molecule has 0 spiro atoms. The lowest BCUT2D eigenvalue weighted by atomic mass is 10.1. The van der Waals surface area contributed by atoms with Crippen molar-refractivity contribution in [1.29, 1.82) is 0 Å². The van der Waals surface area contributed by atoms with E-state index in [1.165, 1.54) is 0 Å². The number of hydrogen-bond acceptors (Lipinski definition) is 3. The number of rotatable bonds is 4. The second-order valence-electron chi connectivity index (χ2n) is 5.02. The molecule has 5 nitrogen and oxygen atoms in total. The Bertz CT molecular complexity index is 711. The Labute approximate surface area is 143 Å². The van der Waals surface area contributed by atoms with Crippen molar-refractivity contribution < 1.29 is 14.3 Å². The molecule has 0 fully saturated rings. The van der Waals surface area contributed by atoms with Gasteiger partial charge in [-0.05, 0) is 43.2 Å². The Morgan fingerprint density at radius 2 is 1.70 bits per heavy atom. The minimum Gasteiger partial charge on any atom is -0.483 e. The summed E-state index contributed by atoms with van der Waals surface area (Å²) in [5.41, 5.74) is 7.03. The number of amides is 2. The van der Waals surface area contributed by atoms with Crippen LogP contribution < -0.4 is 15.6 Å². The lowest BCUT2D eigenvalue weighted by molar-refractivity contribution is -0.123. The van der Waals surface area contributed by atoms with Crippen molar-refractivity contribution in [2.45, 2.75) is 13.8 Å². The molecule has 0 aliphatic carbocycles. The van der Waals surface area contributed by atoms with Crippen LogP contribution in [-0.2, 0) is 4.79 Å². The molecule has 23 heavy (non-hydrogen) atoms. The molecule has 2 N–H and O–H groups in total. The Morgan fingerprint density at radius 3 is 2.35 bits per heavy atom. The van der Waals surface area contributed by atoms with Crippen LogP contribution in [0.3, 0.4) is 0 Å². The van der Waals surface area contributed by atoms with Crippen molar-refractivity contribution in [3.8, 4) is 5.75 Å². The van der Waals surface area contributed by atoms with Gasteiger partial charge in [0, 0.05) is 10.0 Å². The third-order valence-corrected chi connectivity index (χ3v) is 3.65. The standard InChI is InChI=1S/C17H17BrN2O3/c1-11-5-3-6-12(2)16(11)23-10-15(21)19-20-17(22)13-7-4-8-14(18)9-13/h3-9H,10H2,1-2H3,(H,19,21)(H,20,22). The predicted octanol–water partition coefficient (Wildman–Crippen LogP) is 2.91. The minimum atomic E-state index is -0.434. The summed E-state index contributed by atoms with van der Waals surface area (Å²) in [4.78, 5) is 23.7. The van der Waals surface area contributed by atoms with Crippen molar-refractivity contribution in [3.05, 3.63) is 63.6 Å². The molecule has 2 aromatic carbocycles. The Hall–Kier alpha value is -2.34. The number of carbonyl (C=O) groups excluding carboxylic acids is 2. The van der Waals surface area contributed by atoms with Crippen molar-refractivity contribution in [2.24, 2.45) is 0 Å². The van der Waals surface area contributed by atoms with Gasteiger partial charge in [-0.1, -0.05) is 40.2 Å². The van der Waals surface area contributed by atoms with Crippen LogP contribution in [0.2, 0.25) is 0 Å². The van der Waals surface area contributed by atoms with Crippen LogP contribution in [0.4, 0.5) is 0 Å². The number of nitrogens with one attached hydrogen (secondary N) is 2. The largest absolute Gasteiger partial charge is 0.483 e. The van der Waals surface area contributed by atoms with E-state index in [4.69, 9.17) is 4.74 Å². The maximum Gasteiger partial charge on any atom is 0.276 e. The second-order valence-corrected chi connectivity index (χ2v) is 5.94. The first-order chi connectivity index (χ1) is 11.0. The van der Waals surface area contributed by atoms with Crippen molar-refractivity contribution in [3.63, 3.8) is 0 Å². The second kappa shape index (κ2) is 7.78. The van der Waals surface area contributed by atoms with Gasteiger partial charge in [0.15, 0.2) is 6.61 Å². The third kappa shape index (κ3) is 4.82. The number of benzene rings is 2. The van der Waals surface area contributed by atoms with Gasteiger partial charge in [-0.2, -0.15) is 0 Å². The van der Waals surface area contributed by atoms with E-state index in [2.05, 4.69) is 26.8 Å². The van der Waals surface area contributed by atoms with Crippen LogP contribution in [-0.4, -0.2) is 18.4 Å². The summed E-state index contributed by atoms with van der Waals surface area (Å²) in [6.07, 6.45) is 0. The van der Waals surface area contributed by atoms with E-state index < -0.39 is 11.8 Å². The van der Waals surface area contributed by atoms with E-state index in [0.29, 0.717) is 11.3 Å². The summed E-state index contributed by atoms with van der Waals surface area (Å²) < 4.78 is 6.30. The normalized spacial score (nSPS) is 10.0. The van der Waals surface area contributed by atoms with Crippen LogP contribution in [0.15, 0.2) is 46.9 Å². The van der Waals surface area contributed by atoms with Gasteiger partial charge in [0.05, 0.1) is 0 Å². The summed E-state index contributed by atoms with van der Waals surface area (Å²) in [5, 5.41) is 0. The Balaban J connectivity index is 1.85. The highest BCUT2D eigenvalue weighted by molar-refractivity contribution is 9.10. The molecule has 2 aromatic rings. The Morgan fingerprint density at radius 1 is 1.04 bits per heavy atom. The average Bonchev–Trinajstić information content (AvgIpc) is 2.52. The van der Waals surface area contributed by atoms with Crippen LogP contribution in [0.1, 0.15) is 21.5 Å². The first kappa shape index (κ1) is 17.0. The highest BCUT2D eigenvalue weighted by atomic mass is 79.9. The zero-order valence-corrected chi connectivity index (χ0v) is 14.4. The summed E-state index contributed by atoms with van der Waals surface area (Å²) in [7, 11) is 0. The van der Waals surface area contributed by atoms with Gasteiger partial charge < -0.3 is 4.74 Å². The molecule has 6 heteroatoms. The first-order valence-electron chi connectivity index (χ1n) is 7.01. The van der Waals surface area contributed by atoms with Crippen molar-refractivity contribution in [1.82, 2.24) is 10.9 Å².